The molecule has 5 nitrogen and oxygen atoms in total. The van der Waals surface area contributed by atoms with E-state index in [0.717, 1.165) is 25.7 Å². The van der Waals surface area contributed by atoms with Gasteiger partial charge in [0.1, 0.15) is 0 Å². The molecule has 6 heteroatoms. The van der Waals surface area contributed by atoms with E-state index in [0.29, 0.717) is 18.2 Å². The maximum absolute atomic E-state index is 12.1. The largest absolute Gasteiger partial charge is 0.394 e. The summed E-state index contributed by atoms with van der Waals surface area (Å²) in [6, 6.07) is -0.284. The first-order valence-corrected chi connectivity index (χ1v) is 9.56. The summed E-state index contributed by atoms with van der Waals surface area (Å²) in [6.07, 6.45) is 5.65. The van der Waals surface area contributed by atoms with Gasteiger partial charge in [0, 0.05) is 27.8 Å². The Morgan fingerprint density at radius 1 is 1.18 bits per heavy atom. The Bertz CT molecular complexity index is 389. The van der Waals surface area contributed by atoms with Crippen LogP contribution in [0.4, 0.5) is 4.79 Å². The zero-order valence-corrected chi connectivity index (χ0v) is 15.2. The van der Waals surface area contributed by atoms with Crippen molar-refractivity contribution in [3.05, 3.63) is 0 Å². The highest BCUT2D eigenvalue weighted by atomic mass is 32.2. The summed E-state index contributed by atoms with van der Waals surface area (Å²) >= 11 is 0. The lowest BCUT2D eigenvalue weighted by Gasteiger charge is -2.39. The molecule has 1 rings (SSSR count). The van der Waals surface area contributed by atoms with Gasteiger partial charge in [0.2, 0.25) is 0 Å². The second-order valence-corrected chi connectivity index (χ2v) is 9.78. The predicted octanol–water partition coefficient (Wildman–Crippen LogP) is 2.16. The van der Waals surface area contributed by atoms with Crippen LogP contribution in [-0.4, -0.2) is 44.5 Å². The normalized spacial score (nSPS) is 21.0. The first-order valence-electron chi connectivity index (χ1n) is 8.24. The number of carbonyl (C=O) groups excluding carboxylic acids is 1. The van der Waals surface area contributed by atoms with E-state index >= 15 is 0 Å². The Hall–Kier alpha value is -0.620. The molecule has 0 spiro atoms. The van der Waals surface area contributed by atoms with Gasteiger partial charge < -0.3 is 15.7 Å². The molecule has 0 unspecified atom stereocenters. The van der Waals surface area contributed by atoms with E-state index in [9.17, 15) is 14.1 Å². The fourth-order valence-corrected chi connectivity index (χ4v) is 3.78. The summed E-state index contributed by atoms with van der Waals surface area (Å²) in [5.74, 6) is 0.761. The summed E-state index contributed by atoms with van der Waals surface area (Å²) in [4.78, 5) is 12.1. The molecule has 0 aromatic heterocycles. The fourth-order valence-electron chi connectivity index (χ4n) is 2.88. The van der Waals surface area contributed by atoms with Gasteiger partial charge in [-0.2, -0.15) is 0 Å². The van der Waals surface area contributed by atoms with Gasteiger partial charge in [0.25, 0.3) is 0 Å². The predicted molar refractivity (Wildman–Crippen MR) is 91.4 cm³/mol. The molecule has 2 atom stereocenters. The second kappa shape index (κ2) is 8.29. The van der Waals surface area contributed by atoms with E-state index < -0.39 is 16.3 Å². The third kappa shape index (κ3) is 5.88. The highest BCUT2D eigenvalue weighted by Crippen LogP contribution is 2.32. The molecule has 0 bridgehead atoms. The zero-order chi connectivity index (χ0) is 16.8. The Balaban J connectivity index is 2.43. The van der Waals surface area contributed by atoms with Crippen LogP contribution < -0.4 is 10.6 Å². The number of amides is 2. The van der Waals surface area contributed by atoms with Crippen LogP contribution in [-0.2, 0) is 10.8 Å². The van der Waals surface area contributed by atoms with Crippen LogP contribution in [0, 0.1) is 5.92 Å². The Labute approximate surface area is 137 Å². The minimum absolute atomic E-state index is 0.0565. The second-order valence-electron chi connectivity index (χ2n) is 7.45. The number of carbonyl (C=O) groups is 1. The molecule has 0 radical (unpaired) electrons. The summed E-state index contributed by atoms with van der Waals surface area (Å²) in [6.45, 7) is 8.01. The number of hydrogen-bond acceptors (Lipinski definition) is 3. The van der Waals surface area contributed by atoms with Crippen LogP contribution in [0.25, 0.3) is 0 Å². The molecule has 3 N–H and O–H groups in total. The zero-order valence-electron chi connectivity index (χ0n) is 14.4. The molecule has 1 aliphatic rings. The third-order valence-electron chi connectivity index (χ3n) is 4.49. The standard InChI is InChI=1S/C16H32N2O3S/c1-15(2,3)22(21)11-10-17-14(20)18-16(4,12-19)13-8-6-5-7-9-13/h13,19H,5-12H2,1-4H3,(H2,17,18,20)/t16-,22+/m1/s1. The molecule has 1 aliphatic carbocycles. The van der Waals surface area contributed by atoms with E-state index in [1.165, 1.54) is 6.42 Å². The van der Waals surface area contributed by atoms with E-state index in [1.807, 2.05) is 27.7 Å². The number of nitrogens with one attached hydrogen (secondary N) is 2. The lowest BCUT2D eigenvalue weighted by molar-refractivity contribution is 0.101. The lowest BCUT2D eigenvalue weighted by atomic mass is 9.76. The van der Waals surface area contributed by atoms with Gasteiger partial charge in [-0.15, -0.1) is 0 Å². The molecular weight excluding hydrogens is 300 g/mol. The maximum atomic E-state index is 12.1. The first-order chi connectivity index (χ1) is 10.2. The lowest BCUT2D eigenvalue weighted by Crippen LogP contribution is -2.57. The minimum Gasteiger partial charge on any atom is -0.394 e. The van der Waals surface area contributed by atoms with Gasteiger partial charge in [-0.05, 0) is 46.5 Å². The van der Waals surface area contributed by atoms with Crippen molar-refractivity contribution in [2.75, 3.05) is 18.9 Å². The highest BCUT2D eigenvalue weighted by molar-refractivity contribution is 7.86. The molecule has 0 heterocycles. The van der Waals surface area contributed by atoms with E-state index in [4.69, 9.17) is 0 Å². The van der Waals surface area contributed by atoms with Gasteiger partial charge in [-0.1, -0.05) is 19.3 Å². The van der Waals surface area contributed by atoms with Crippen molar-refractivity contribution >= 4 is 16.8 Å². The smallest absolute Gasteiger partial charge is 0.315 e. The molecule has 2 amide bonds. The van der Waals surface area contributed by atoms with Crippen molar-refractivity contribution in [2.24, 2.45) is 5.92 Å². The van der Waals surface area contributed by atoms with Crippen molar-refractivity contribution in [1.82, 2.24) is 10.6 Å². The van der Waals surface area contributed by atoms with Crippen LogP contribution >= 0.6 is 0 Å². The third-order valence-corrected chi connectivity index (χ3v) is 6.43. The summed E-state index contributed by atoms with van der Waals surface area (Å²) in [5.41, 5.74) is -0.576. The Morgan fingerprint density at radius 3 is 2.27 bits per heavy atom. The van der Waals surface area contributed by atoms with Gasteiger partial charge in [0.15, 0.2) is 0 Å². The monoisotopic (exact) mass is 332 g/mol. The van der Waals surface area contributed by atoms with Crippen LogP contribution in [0.2, 0.25) is 0 Å². The van der Waals surface area contributed by atoms with Crippen molar-refractivity contribution in [2.45, 2.75) is 70.1 Å². The first kappa shape index (κ1) is 19.4. The summed E-state index contributed by atoms with van der Waals surface area (Å²) < 4.78 is 11.7. The van der Waals surface area contributed by atoms with E-state index in [-0.39, 0.29) is 17.4 Å². The topological polar surface area (TPSA) is 78.4 Å². The quantitative estimate of drug-likeness (QED) is 0.697. The van der Waals surface area contributed by atoms with Crippen molar-refractivity contribution in [3.8, 4) is 0 Å². The van der Waals surface area contributed by atoms with Crippen LogP contribution in [0.3, 0.4) is 0 Å². The maximum Gasteiger partial charge on any atom is 0.315 e. The van der Waals surface area contributed by atoms with E-state index in [2.05, 4.69) is 10.6 Å². The average Bonchev–Trinajstić information content (AvgIpc) is 2.46. The molecule has 0 aromatic rings. The van der Waals surface area contributed by atoms with Gasteiger partial charge >= 0.3 is 6.03 Å². The van der Waals surface area contributed by atoms with Gasteiger partial charge in [0.05, 0.1) is 12.1 Å². The number of urea groups is 1. The van der Waals surface area contributed by atoms with Crippen molar-refractivity contribution < 1.29 is 14.1 Å². The molecular formula is C16H32N2O3S. The molecule has 0 saturated heterocycles. The number of hydrogen-bond donors (Lipinski definition) is 3. The molecule has 1 fully saturated rings. The van der Waals surface area contributed by atoms with Crippen LogP contribution in [0.5, 0.6) is 0 Å². The SMILES string of the molecule is CC(C)(C)[S@@](=O)CCNC(=O)N[C@](C)(CO)C1CCCCC1. The summed E-state index contributed by atoms with van der Waals surface area (Å²) in [5, 5.41) is 15.4. The molecule has 22 heavy (non-hydrogen) atoms. The van der Waals surface area contributed by atoms with Crippen LogP contribution in [0.1, 0.15) is 59.8 Å². The van der Waals surface area contributed by atoms with Gasteiger partial charge in [-0.3, -0.25) is 4.21 Å². The number of rotatable bonds is 6. The Kier molecular flexibility index (Phi) is 7.32. The minimum atomic E-state index is -0.975. The molecule has 0 aromatic carbocycles. The average molecular weight is 333 g/mol. The highest BCUT2D eigenvalue weighted by Gasteiger charge is 2.35. The molecule has 1 saturated carbocycles. The van der Waals surface area contributed by atoms with E-state index in [1.54, 1.807) is 0 Å². The molecule has 0 aliphatic heterocycles. The fraction of sp³-hybridized carbons (Fsp3) is 0.938. The van der Waals surface area contributed by atoms with Crippen molar-refractivity contribution in [1.29, 1.82) is 0 Å². The Morgan fingerprint density at radius 2 is 1.77 bits per heavy atom. The van der Waals surface area contributed by atoms with Crippen molar-refractivity contribution in [3.63, 3.8) is 0 Å². The number of aliphatic hydroxyl groups is 1. The number of aliphatic hydroxyl groups excluding tert-OH is 1. The van der Waals surface area contributed by atoms with Crippen LogP contribution in [0.15, 0.2) is 0 Å². The molecule has 130 valence electrons. The van der Waals surface area contributed by atoms with Gasteiger partial charge in [-0.25, -0.2) is 4.79 Å². The summed E-state index contributed by atoms with van der Waals surface area (Å²) in [7, 11) is -0.975.